The fourth-order valence-electron chi connectivity index (χ4n) is 2.49. The Bertz CT molecular complexity index is 996. The molecule has 26 heavy (non-hydrogen) atoms. The maximum Gasteiger partial charge on any atom is 0.241 e. The maximum absolute atomic E-state index is 12.5. The van der Waals surface area contributed by atoms with E-state index in [0.29, 0.717) is 5.56 Å². The van der Waals surface area contributed by atoms with E-state index in [2.05, 4.69) is 14.8 Å². The average Bonchev–Trinajstić information content (AvgIpc) is 3.16. The van der Waals surface area contributed by atoms with Gasteiger partial charge in [0.2, 0.25) is 10.0 Å². The number of rotatable bonds is 6. The van der Waals surface area contributed by atoms with Crippen LogP contribution in [0.1, 0.15) is 35.8 Å². The SMILES string of the molecule is CC(=O)c1ccc(S(=O)(=O)N[C@H](C)c2ccc(-n3cncn3)cc2)cc1. The molecule has 2 aromatic carbocycles. The van der Waals surface area contributed by atoms with Crippen molar-refractivity contribution in [1.82, 2.24) is 19.5 Å². The van der Waals surface area contributed by atoms with Gasteiger partial charge in [0.1, 0.15) is 12.7 Å². The van der Waals surface area contributed by atoms with E-state index in [1.807, 2.05) is 24.3 Å². The molecule has 0 saturated heterocycles. The van der Waals surface area contributed by atoms with E-state index >= 15 is 0 Å². The summed E-state index contributed by atoms with van der Waals surface area (Å²) in [6, 6.07) is 12.8. The van der Waals surface area contributed by atoms with Crippen LogP contribution in [0.25, 0.3) is 5.69 Å². The first kappa shape index (κ1) is 18.0. The van der Waals surface area contributed by atoms with Crippen LogP contribution < -0.4 is 4.72 Å². The molecule has 0 spiro atoms. The van der Waals surface area contributed by atoms with Gasteiger partial charge in [-0.05, 0) is 43.7 Å². The van der Waals surface area contributed by atoms with Crippen molar-refractivity contribution in [1.29, 1.82) is 0 Å². The van der Waals surface area contributed by atoms with E-state index in [-0.39, 0.29) is 10.7 Å². The normalized spacial score (nSPS) is 12.7. The lowest BCUT2D eigenvalue weighted by Gasteiger charge is -2.15. The van der Waals surface area contributed by atoms with Crippen LogP contribution in [0.2, 0.25) is 0 Å². The smallest absolute Gasteiger partial charge is 0.241 e. The van der Waals surface area contributed by atoms with Crippen molar-refractivity contribution in [2.24, 2.45) is 0 Å². The Morgan fingerprint density at radius 1 is 1.08 bits per heavy atom. The summed E-state index contributed by atoms with van der Waals surface area (Å²) in [5, 5.41) is 4.05. The quantitative estimate of drug-likeness (QED) is 0.673. The van der Waals surface area contributed by atoms with E-state index < -0.39 is 16.1 Å². The molecule has 0 aliphatic rings. The molecule has 7 nitrogen and oxygen atoms in total. The Morgan fingerprint density at radius 3 is 2.27 bits per heavy atom. The first-order valence-corrected chi connectivity index (χ1v) is 9.43. The van der Waals surface area contributed by atoms with Crippen molar-refractivity contribution in [3.8, 4) is 5.69 Å². The lowest BCUT2D eigenvalue weighted by atomic mass is 10.1. The van der Waals surface area contributed by atoms with Gasteiger partial charge in [-0.1, -0.05) is 24.3 Å². The monoisotopic (exact) mass is 370 g/mol. The highest BCUT2D eigenvalue weighted by atomic mass is 32.2. The number of benzene rings is 2. The average molecular weight is 370 g/mol. The summed E-state index contributed by atoms with van der Waals surface area (Å²) in [7, 11) is -3.69. The number of sulfonamides is 1. The van der Waals surface area contributed by atoms with E-state index in [0.717, 1.165) is 11.3 Å². The van der Waals surface area contributed by atoms with Crippen LogP contribution in [-0.2, 0) is 10.0 Å². The molecule has 3 rings (SSSR count). The highest BCUT2D eigenvalue weighted by Gasteiger charge is 2.18. The van der Waals surface area contributed by atoms with Gasteiger partial charge in [0, 0.05) is 11.6 Å². The Labute approximate surface area is 151 Å². The van der Waals surface area contributed by atoms with Gasteiger partial charge < -0.3 is 0 Å². The standard InChI is InChI=1S/C18H18N4O3S/c1-13(15-3-7-17(8-4-15)22-12-19-11-20-22)21-26(24,25)18-9-5-16(6-10-18)14(2)23/h3-13,21H,1-2H3/t13-/m1/s1. The minimum atomic E-state index is -3.69. The second kappa shape index (κ2) is 7.19. The lowest BCUT2D eigenvalue weighted by Crippen LogP contribution is -2.26. The van der Waals surface area contributed by atoms with Gasteiger partial charge >= 0.3 is 0 Å². The number of nitrogens with zero attached hydrogens (tertiary/aromatic N) is 3. The van der Waals surface area contributed by atoms with Gasteiger partial charge in [0.25, 0.3) is 0 Å². The van der Waals surface area contributed by atoms with Gasteiger partial charge in [-0.3, -0.25) is 4.79 Å². The van der Waals surface area contributed by atoms with E-state index in [9.17, 15) is 13.2 Å². The second-order valence-corrected chi connectivity index (χ2v) is 7.57. The van der Waals surface area contributed by atoms with Crippen molar-refractivity contribution in [2.75, 3.05) is 0 Å². The fourth-order valence-corrected chi connectivity index (χ4v) is 3.73. The minimum absolute atomic E-state index is 0.109. The molecule has 0 fully saturated rings. The van der Waals surface area contributed by atoms with E-state index in [1.165, 1.54) is 37.5 Å². The largest absolute Gasteiger partial charge is 0.295 e. The molecule has 0 amide bonds. The summed E-state index contributed by atoms with van der Waals surface area (Å²) in [6.07, 6.45) is 3.04. The molecular weight excluding hydrogens is 352 g/mol. The third-order valence-corrected chi connectivity index (χ3v) is 5.54. The van der Waals surface area contributed by atoms with Crippen LogP contribution >= 0.6 is 0 Å². The summed E-state index contributed by atoms with van der Waals surface area (Å²) in [4.78, 5) is 15.3. The van der Waals surface area contributed by atoms with Crippen LogP contribution in [0, 0.1) is 0 Å². The molecule has 8 heteroatoms. The number of nitrogens with one attached hydrogen (secondary N) is 1. The van der Waals surface area contributed by atoms with Crippen LogP contribution in [0.15, 0.2) is 66.1 Å². The summed E-state index contributed by atoms with van der Waals surface area (Å²) in [6.45, 7) is 3.21. The molecule has 1 aromatic heterocycles. The van der Waals surface area contributed by atoms with E-state index in [4.69, 9.17) is 0 Å². The second-order valence-electron chi connectivity index (χ2n) is 5.86. The van der Waals surface area contributed by atoms with Gasteiger partial charge in [0.15, 0.2) is 5.78 Å². The number of carbonyl (C=O) groups is 1. The van der Waals surface area contributed by atoms with E-state index in [1.54, 1.807) is 17.9 Å². The number of hydrogen-bond donors (Lipinski definition) is 1. The molecular formula is C18H18N4O3S. The van der Waals surface area contributed by atoms with Gasteiger partial charge in [-0.25, -0.2) is 22.8 Å². The van der Waals surface area contributed by atoms with Crippen molar-refractivity contribution >= 4 is 15.8 Å². The van der Waals surface area contributed by atoms with Gasteiger partial charge in [-0.15, -0.1) is 0 Å². The summed E-state index contributed by atoms with van der Waals surface area (Å²) < 4.78 is 29.3. The number of ketones is 1. The third-order valence-electron chi connectivity index (χ3n) is 3.98. The Kier molecular flexibility index (Phi) is 4.97. The van der Waals surface area contributed by atoms with Crippen molar-refractivity contribution in [3.05, 3.63) is 72.3 Å². The predicted octanol–water partition coefficient (Wildman–Crippen LogP) is 2.51. The molecule has 0 saturated carbocycles. The molecule has 1 heterocycles. The third kappa shape index (κ3) is 3.87. The van der Waals surface area contributed by atoms with Crippen molar-refractivity contribution < 1.29 is 13.2 Å². The first-order chi connectivity index (χ1) is 12.4. The molecule has 3 aromatic rings. The molecule has 0 bridgehead atoms. The van der Waals surface area contributed by atoms with Crippen LogP contribution in [0.4, 0.5) is 0 Å². The Morgan fingerprint density at radius 2 is 1.73 bits per heavy atom. The zero-order chi connectivity index (χ0) is 18.7. The molecule has 1 atom stereocenters. The maximum atomic E-state index is 12.5. The fraction of sp³-hybridized carbons (Fsp3) is 0.167. The molecule has 0 aliphatic heterocycles. The molecule has 0 radical (unpaired) electrons. The Hall–Kier alpha value is -2.84. The Balaban J connectivity index is 1.75. The van der Waals surface area contributed by atoms with Crippen LogP contribution in [0.5, 0.6) is 0 Å². The summed E-state index contributed by atoms with van der Waals surface area (Å²) in [5.74, 6) is -0.109. The zero-order valence-electron chi connectivity index (χ0n) is 14.3. The van der Waals surface area contributed by atoms with Crippen LogP contribution in [0.3, 0.4) is 0 Å². The number of aromatic nitrogens is 3. The number of Topliss-reactive ketones (excluding diaryl/α,β-unsaturated/α-hetero) is 1. The van der Waals surface area contributed by atoms with Crippen molar-refractivity contribution in [2.45, 2.75) is 24.8 Å². The predicted molar refractivity (Wildman–Crippen MR) is 96.5 cm³/mol. The first-order valence-electron chi connectivity index (χ1n) is 7.95. The van der Waals surface area contributed by atoms with Crippen molar-refractivity contribution in [3.63, 3.8) is 0 Å². The highest BCUT2D eigenvalue weighted by Crippen LogP contribution is 2.19. The van der Waals surface area contributed by atoms with Gasteiger partial charge in [0.05, 0.1) is 10.6 Å². The molecule has 1 N–H and O–H groups in total. The lowest BCUT2D eigenvalue weighted by molar-refractivity contribution is 0.101. The number of hydrogen-bond acceptors (Lipinski definition) is 5. The minimum Gasteiger partial charge on any atom is -0.295 e. The molecule has 0 unspecified atom stereocenters. The molecule has 134 valence electrons. The van der Waals surface area contributed by atoms with Crippen LogP contribution in [-0.4, -0.2) is 29.0 Å². The topological polar surface area (TPSA) is 94.0 Å². The summed E-state index contributed by atoms with van der Waals surface area (Å²) in [5.41, 5.74) is 2.12. The number of carbonyl (C=O) groups excluding carboxylic acids is 1. The summed E-state index contributed by atoms with van der Waals surface area (Å²) >= 11 is 0. The zero-order valence-corrected chi connectivity index (χ0v) is 15.1. The van der Waals surface area contributed by atoms with Gasteiger partial charge in [-0.2, -0.15) is 5.10 Å². The highest BCUT2D eigenvalue weighted by molar-refractivity contribution is 7.89. The molecule has 0 aliphatic carbocycles.